The minimum atomic E-state index is -1.08. The molecule has 1 aromatic heterocycles. The van der Waals surface area contributed by atoms with Crippen LogP contribution >= 0.6 is 23.2 Å². The van der Waals surface area contributed by atoms with E-state index in [2.05, 4.69) is 20.6 Å². The van der Waals surface area contributed by atoms with Crippen LogP contribution in [0, 0.1) is 0 Å². The van der Waals surface area contributed by atoms with Gasteiger partial charge in [0.25, 0.3) is 17.4 Å². The Labute approximate surface area is 197 Å². The summed E-state index contributed by atoms with van der Waals surface area (Å²) in [4.78, 5) is 53.9. The number of aromatic nitrogens is 2. The monoisotopic (exact) mass is 488 g/mol. The van der Waals surface area contributed by atoms with Crippen LogP contribution in [0.2, 0.25) is 10.0 Å². The van der Waals surface area contributed by atoms with Crippen molar-refractivity contribution in [2.75, 3.05) is 6.54 Å². The fourth-order valence-corrected chi connectivity index (χ4v) is 3.17. The Morgan fingerprint density at radius 1 is 0.939 bits per heavy atom. The highest BCUT2D eigenvalue weighted by atomic mass is 35.5. The van der Waals surface area contributed by atoms with Crippen LogP contribution in [0.25, 0.3) is 0 Å². The van der Waals surface area contributed by atoms with Crippen LogP contribution < -0.4 is 16.2 Å². The van der Waals surface area contributed by atoms with E-state index >= 15 is 0 Å². The number of hydrogen-bond donors (Lipinski definition) is 4. The highest BCUT2D eigenvalue weighted by Crippen LogP contribution is 2.25. The number of nitrogens with one attached hydrogen (secondary N) is 3. The van der Waals surface area contributed by atoms with Crippen LogP contribution in [-0.2, 0) is 4.79 Å². The molecular weight excluding hydrogens is 471 g/mol. The van der Waals surface area contributed by atoms with Crippen LogP contribution in [0.5, 0.6) is 0 Å². The smallest absolute Gasteiger partial charge is 0.305 e. The van der Waals surface area contributed by atoms with Gasteiger partial charge >= 0.3 is 5.97 Å². The number of benzene rings is 2. The Hall–Kier alpha value is -3.69. The van der Waals surface area contributed by atoms with Crippen LogP contribution in [0.3, 0.4) is 0 Å². The molecule has 0 saturated carbocycles. The normalized spacial score (nSPS) is 10.6. The molecule has 3 rings (SSSR count). The summed E-state index contributed by atoms with van der Waals surface area (Å²) in [6, 6.07) is 13.1. The Bertz CT molecular complexity index is 1180. The van der Waals surface area contributed by atoms with Crippen molar-refractivity contribution in [1.82, 2.24) is 20.6 Å². The second-order valence-electron chi connectivity index (χ2n) is 6.88. The maximum absolute atomic E-state index is 12.9. The van der Waals surface area contributed by atoms with Crippen LogP contribution in [-0.4, -0.2) is 39.4 Å². The van der Waals surface area contributed by atoms with E-state index in [4.69, 9.17) is 28.3 Å². The van der Waals surface area contributed by atoms with Crippen molar-refractivity contribution in [3.05, 3.63) is 97.6 Å². The molecular formula is C22H18Cl2N4O5. The van der Waals surface area contributed by atoms with Crippen molar-refractivity contribution in [3.63, 3.8) is 0 Å². The lowest BCUT2D eigenvalue weighted by Crippen LogP contribution is -2.35. The van der Waals surface area contributed by atoms with E-state index < -0.39 is 29.4 Å². The third-order valence-electron chi connectivity index (χ3n) is 4.57. The molecule has 0 aliphatic carbocycles. The van der Waals surface area contributed by atoms with Gasteiger partial charge in [-0.25, -0.2) is 4.98 Å². The third kappa shape index (κ3) is 6.41. The molecule has 0 saturated heterocycles. The van der Waals surface area contributed by atoms with E-state index in [1.54, 1.807) is 48.5 Å². The van der Waals surface area contributed by atoms with Gasteiger partial charge < -0.3 is 20.7 Å². The predicted octanol–water partition coefficient (Wildman–Crippen LogP) is 2.80. The largest absolute Gasteiger partial charge is 0.481 e. The molecule has 0 aliphatic rings. The van der Waals surface area contributed by atoms with E-state index in [9.17, 15) is 19.2 Å². The van der Waals surface area contributed by atoms with Gasteiger partial charge in [0, 0.05) is 22.8 Å². The molecule has 11 heteroatoms. The van der Waals surface area contributed by atoms with Gasteiger partial charge in [-0.05, 0) is 35.4 Å². The van der Waals surface area contributed by atoms with Gasteiger partial charge in [0.1, 0.15) is 5.56 Å². The number of nitrogens with zero attached hydrogens (tertiary/aromatic N) is 1. The van der Waals surface area contributed by atoms with Crippen molar-refractivity contribution in [2.45, 2.75) is 12.5 Å². The summed E-state index contributed by atoms with van der Waals surface area (Å²) in [6.07, 6.45) is 0.703. The molecule has 1 heterocycles. The van der Waals surface area contributed by atoms with E-state index in [0.29, 0.717) is 21.2 Å². The molecule has 3 aromatic rings. The summed E-state index contributed by atoms with van der Waals surface area (Å²) in [6.45, 7) is -0.135. The Morgan fingerprint density at radius 2 is 1.48 bits per heavy atom. The number of H-pyrrole nitrogens is 1. The zero-order valence-corrected chi connectivity index (χ0v) is 18.5. The first-order valence-electron chi connectivity index (χ1n) is 9.65. The number of carboxylic acid groups (broad SMARTS) is 1. The Balaban J connectivity index is 1.82. The summed E-state index contributed by atoms with van der Waals surface area (Å²) in [5, 5.41) is 14.8. The van der Waals surface area contributed by atoms with Gasteiger partial charge in [0.05, 0.1) is 12.5 Å². The zero-order chi connectivity index (χ0) is 24.0. The molecule has 0 atom stereocenters. The lowest BCUT2D eigenvalue weighted by Gasteiger charge is -2.20. The molecule has 0 fully saturated rings. The number of carbonyl (C=O) groups excluding carboxylic acids is 2. The molecule has 4 N–H and O–H groups in total. The first kappa shape index (κ1) is 24.0. The maximum atomic E-state index is 12.9. The number of aliphatic carboxylic acids is 1. The summed E-state index contributed by atoms with van der Waals surface area (Å²) in [7, 11) is 0. The van der Waals surface area contributed by atoms with Gasteiger partial charge in [-0.15, -0.1) is 0 Å². The van der Waals surface area contributed by atoms with Crippen molar-refractivity contribution in [2.24, 2.45) is 0 Å². The lowest BCUT2D eigenvalue weighted by atomic mass is 9.98. The van der Waals surface area contributed by atoms with E-state index in [0.717, 1.165) is 6.20 Å². The molecule has 0 unspecified atom stereocenters. The molecule has 9 nitrogen and oxygen atoms in total. The minimum Gasteiger partial charge on any atom is -0.481 e. The number of halogens is 2. The minimum absolute atomic E-state index is 0.135. The summed E-state index contributed by atoms with van der Waals surface area (Å²) < 4.78 is 0. The molecule has 2 amide bonds. The number of aromatic amines is 1. The average molecular weight is 489 g/mol. The molecule has 170 valence electrons. The summed E-state index contributed by atoms with van der Waals surface area (Å²) >= 11 is 11.9. The van der Waals surface area contributed by atoms with Crippen LogP contribution in [0.4, 0.5) is 0 Å². The lowest BCUT2D eigenvalue weighted by molar-refractivity contribution is -0.136. The third-order valence-corrected chi connectivity index (χ3v) is 5.07. The number of rotatable bonds is 8. The quantitative estimate of drug-likeness (QED) is 0.384. The number of hydrogen-bond acceptors (Lipinski definition) is 5. The summed E-state index contributed by atoms with van der Waals surface area (Å²) in [5.74, 6) is -2.90. The Morgan fingerprint density at radius 3 is 1.97 bits per heavy atom. The Kier molecular flexibility index (Phi) is 7.81. The molecule has 0 bridgehead atoms. The topological polar surface area (TPSA) is 141 Å². The van der Waals surface area contributed by atoms with E-state index in [1.807, 2.05) is 0 Å². The van der Waals surface area contributed by atoms with Crippen LogP contribution in [0.1, 0.15) is 44.6 Å². The van der Waals surface area contributed by atoms with Gasteiger partial charge in [-0.3, -0.25) is 19.2 Å². The fraction of sp³-hybridized carbons (Fsp3) is 0.136. The van der Waals surface area contributed by atoms with Gasteiger partial charge in [0.2, 0.25) is 0 Å². The molecule has 0 spiro atoms. The van der Waals surface area contributed by atoms with E-state index in [-0.39, 0.29) is 24.4 Å². The van der Waals surface area contributed by atoms with Crippen molar-refractivity contribution in [1.29, 1.82) is 0 Å². The summed E-state index contributed by atoms with van der Waals surface area (Å²) in [5.41, 5.74) is 0.310. The molecule has 0 radical (unpaired) electrons. The van der Waals surface area contributed by atoms with Gasteiger partial charge in [-0.2, -0.15) is 0 Å². The second kappa shape index (κ2) is 10.8. The highest BCUT2D eigenvalue weighted by Gasteiger charge is 2.21. The van der Waals surface area contributed by atoms with Crippen molar-refractivity contribution in [3.8, 4) is 0 Å². The molecule has 2 aromatic carbocycles. The van der Waals surface area contributed by atoms with E-state index in [1.165, 1.54) is 0 Å². The zero-order valence-electron chi connectivity index (χ0n) is 17.0. The van der Waals surface area contributed by atoms with Crippen LogP contribution in [0.15, 0.2) is 59.5 Å². The number of carbonyl (C=O) groups is 3. The fourth-order valence-electron chi connectivity index (χ4n) is 2.92. The second-order valence-corrected chi connectivity index (χ2v) is 7.76. The number of amides is 2. The SMILES string of the molecule is O=C(O)CCNC(=O)c1ncc(C(=O)NC(c2ccc(Cl)cc2)c2ccc(Cl)cc2)c(=O)[nH]1. The maximum Gasteiger partial charge on any atom is 0.305 e. The van der Waals surface area contributed by atoms with Gasteiger partial charge in [-0.1, -0.05) is 47.5 Å². The first-order valence-corrected chi connectivity index (χ1v) is 10.4. The van der Waals surface area contributed by atoms with Crippen molar-refractivity contribution >= 4 is 41.0 Å². The highest BCUT2D eigenvalue weighted by molar-refractivity contribution is 6.30. The first-order chi connectivity index (χ1) is 15.7. The van der Waals surface area contributed by atoms with Crippen molar-refractivity contribution < 1.29 is 19.5 Å². The standard InChI is InChI=1S/C22H18Cl2N4O5/c23-14-5-1-12(2-6-14)18(13-3-7-15(24)8-4-13)27-20(31)16-11-26-19(28-21(16)32)22(33)25-10-9-17(29)30/h1-8,11,18H,9-10H2,(H,25,33)(H,27,31)(H,29,30)(H,26,28,32). The average Bonchev–Trinajstić information content (AvgIpc) is 2.78. The molecule has 33 heavy (non-hydrogen) atoms. The predicted molar refractivity (Wildman–Crippen MR) is 122 cm³/mol. The number of carboxylic acids is 1. The van der Waals surface area contributed by atoms with Gasteiger partial charge in [0.15, 0.2) is 5.82 Å². The molecule has 0 aliphatic heterocycles.